The van der Waals surface area contributed by atoms with Crippen molar-refractivity contribution in [2.45, 2.75) is 0 Å². The number of aliphatic imine (C=N–C) groups is 1. The van der Waals surface area contributed by atoms with E-state index in [9.17, 15) is 15.2 Å². The summed E-state index contributed by atoms with van der Waals surface area (Å²) in [5.41, 5.74) is 1.11. The van der Waals surface area contributed by atoms with Gasteiger partial charge in [-0.1, -0.05) is 35.5 Å². The third kappa shape index (κ3) is 2.96. The highest BCUT2D eigenvalue weighted by Gasteiger charge is 2.14. The summed E-state index contributed by atoms with van der Waals surface area (Å²) in [5, 5.41) is 26.0. The zero-order chi connectivity index (χ0) is 19.0. The average Bonchev–Trinajstić information content (AvgIpc) is 2.69. The Kier molecular flexibility index (Phi) is 4.18. The summed E-state index contributed by atoms with van der Waals surface area (Å²) in [7, 11) is 0. The average molecular weight is 377 g/mol. The zero-order valence-electron chi connectivity index (χ0n) is 13.8. The van der Waals surface area contributed by atoms with Crippen LogP contribution in [0.4, 0.5) is 11.4 Å². The fraction of sp³-hybridized carbons (Fsp3) is 0. The number of halogens is 1. The summed E-state index contributed by atoms with van der Waals surface area (Å²) in [4.78, 5) is 19.5. The van der Waals surface area contributed by atoms with E-state index >= 15 is 0 Å². The highest BCUT2D eigenvalue weighted by atomic mass is 35.5. The molecule has 1 heterocycles. The number of rotatable bonds is 3. The van der Waals surface area contributed by atoms with Crippen molar-refractivity contribution in [3.63, 3.8) is 0 Å². The Morgan fingerprint density at radius 3 is 2.56 bits per heavy atom. The minimum atomic E-state index is -0.502. The lowest BCUT2D eigenvalue weighted by Gasteiger charge is -2.14. The molecular weight excluding hydrogens is 366 g/mol. The largest absolute Gasteiger partial charge is 0.872 e. The second kappa shape index (κ2) is 6.66. The Hall–Kier alpha value is -3.51. The minimum Gasteiger partial charge on any atom is -0.872 e. The van der Waals surface area contributed by atoms with Gasteiger partial charge in [-0.15, -0.1) is 0 Å². The lowest BCUT2D eigenvalue weighted by atomic mass is 10.0. The van der Waals surface area contributed by atoms with E-state index in [0.717, 1.165) is 5.39 Å². The van der Waals surface area contributed by atoms with Gasteiger partial charge < -0.3 is 5.11 Å². The molecule has 0 saturated carbocycles. The number of fused-ring (bicyclic) bond motifs is 2. The maximum atomic E-state index is 12.7. The van der Waals surface area contributed by atoms with Crippen LogP contribution in [0.3, 0.4) is 0 Å². The van der Waals surface area contributed by atoms with Gasteiger partial charge in [0, 0.05) is 23.9 Å². The van der Waals surface area contributed by atoms with E-state index in [0.29, 0.717) is 21.6 Å². The van der Waals surface area contributed by atoms with Crippen molar-refractivity contribution in [3.8, 4) is 5.75 Å². The van der Waals surface area contributed by atoms with Crippen molar-refractivity contribution in [1.82, 2.24) is 4.98 Å². The number of hydrogen-bond donors (Lipinski definition) is 0. The van der Waals surface area contributed by atoms with Crippen LogP contribution >= 0.6 is 11.6 Å². The van der Waals surface area contributed by atoms with Crippen molar-refractivity contribution in [2.24, 2.45) is 4.99 Å². The molecule has 0 unspecified atom stereocenters. The second-order valence-corrected chi connectivity index (χ2v) is 6.25. The molecule has 0 aliphatic heterocycles. The molecule has 0 aliphatic carbocycles. The monoisotopic (exact) mass is 376 g/mol. The molecule has 27 heavy (non-hydrogen) atoms. The summed E-state index contributed by atoms with van der Waals surface area (Å²) >= 11 is 6.18. The lowest BCUT2D eigenvalue weighted by molar-refractivity contribution is -0.383. The van der Waals surface area contributed by atoms with Gasteiger partial charge in [0.05, 0.1) is 26.5 Å². The van der Waals surface area contributed by atoms with Crippen LogP contribution in [0.25, 0.3) is 21.7 Å². The molecule has 0 spiro atoms. The van der Waals surface area contributed by atoms with Crippen LogP contribution in [0.5, 0.6) is 5.75 Å². The number of benzene rings is 3. The van der Waals surface area contributed by atoms with E-state index < -0.39 is 4.92 Å². The quantitative estimate of drug-likeness (QED) is 0.292. The smallest absolute Gasteiger partial charge is 0.277 e. The van der Waals surface area contributed by atoms with Gasteiger partial charge in [0.15, 0.2) is 0 Å². The van der Waals surface area contributed by atoms with Gasteiger partial charge in [-0.2, -0.15) is 0 Å². The van der Waals surface area contributed by atoms with E-state index in [1.54, 1.807) is 48.7 Å². The van der Waals surface area contributed by atoms with E-state index in [-0.39, 0.29) is 22.4 Å². The molecule has 132 valence electrons. The Labute approximate surface area is 158 Å². The molecule has 0 N–H and O–H groups in total. The van der Waals surface area contributed by atoms with Crippen LogP contribution in [0.2, 0.25) is 5.02 Å². The molecule has 0 aliphatic rings. The number of pyridine rings is 1. The highest BCUT2D eigenvalue weighted by Crippen LogP contribution is 2.34. The van der Waals surface area contributed by atoms with Crippen LogP contribution in [-0.4, -0.2) is 16.1 Å². The number of nitro benzene ring substituents is 1. The van der Waals surface area contributed by atoms with Crippen LogP contribution in [-0.2, 0) is 0 Å². The normalized spacial score (nSPS) is 11.4. The molecule has 6 nitrogen and oxygen atoms in total. The molecule has 4 aromatic rings. The van der Waals surface area contributed by atoms with E-state index in [1.165, 1.54) is 12.3 Å². The molecule has 3 aromatic carbocycles. The fourth-order valence-corrected chi connectivity index (χ4v) is 3.18. The van der Waals surface area contributed by atoms with Crippen molar-refractivity contribution in [1.29, 1.82) is 0 Å². The van der Waals surface area contributed by atoms with Crippen molar-refractivity contribution in [2.75, 3.05) is 0 Å². The van der Waals surface area contributed by atoms with Crippen LogP contribution in [0.15, 0.2) is 65.8 Å². The molecule has 0 amide bonds. The van der Waals surface area contributed by atoms with Gasteiger partial charge >= 0.3 is 0 Å². The summed E-state index contributed by atoms with van der Waals surface area (Å²) in [6.07, 6.45) is 2.96. The number of nitro groups is 1. The number of aromatic nitrogens is 1. The highest BCUT2D eigenvalue weighted by molar-refractivity contribution is 6.35. The van der Waals surface area contributed by atoms with Gasteiger partial charge in [-0.05, 0) is 41.3 Å². The first-order valence-corrected chi connectivity index (χ1v) is 8.38. The summed E-state index contributed by atoms with van der Waals surface area (Å²) < 4.78 is 0. The van der Waals surface area contributed by atoms with Gasteiger partial charge in [0.1, 0.15) is 0 Å². The first kappa shape index (κ1) is 16.9. The molecule has 7 heteroatoms. The molecule has 4 rings (SSSR count). The number of non-ortho nitro benzene ring substituents is 1. The molecule has 0 bridgehead atoms. The Bertz CT molecular complexity index is 1240. The maximum absolute atomic E-state index is 12.7. The van der Waals surface area contributed by atoms with Gasteiger partial charge in [0.2, 0.25) is 0 Å². The molecule has 0 fully saturated rings. The molecule has 0 atom stereocenters. The van der Waals surface area contributed by atoms with Crippen molar-refractivity contribution >= 4 is 50.9 Å². The summed E-state index contributed by atoms with van der Waals surface area (Å²) in [6.45, 7) is 0. The Morgan fingerprint density at radius 2 is 1.78 bits per heavy atom. The van der Waals surface area contributed by atoms with Crippen LogP contribution in [0.1, 0.15) is 5.56 Å². The third-order valence-electron chi connectivity index (χ3n) is 4.24. The van der Waals surface area contributed by atoms with E-state index in [1.807, 2.05) is 6.07 Å². The van der Waals surface area contributed by atoms with Crippen LogP contribution < -0.4 is 5.11 Å². The third-order valence-corrected chi connectivity index (χ3v) is 4.57. The Morgan fingerprint density at radius 1 is 1.04 bits per heavy atom. The van der Waals surface area contributed by atoms with Gasteiger partial charge in [0.25, 0.3) is 5.69 Å². The van der Waals surface area contributed by atoms with Crippen molar-refractivity contribution < 1.29 is 10.0 Å². The molecule has 1 aromatic heterocycles. The fourth-order valence-electron chi connectivity index (χ4n) is 2.96. The van der Waals surface area contributed by atoms with Crippen molar-refractivity contribution in [3.05, 3.63) is 81.5 Å². The maximum Gasteiger partial charge on any atom is 0.277 e. The number of nitrogens with zero attached hydrogens (tertiary/aromatic N) is 3. The predicted molar refractivity (Wildman–Crippen MR) is 104 cm³/mol. The first-order valence-electron chi connectivity index (χ1n) is 8.00. The molecule has 0 saturated heterocycles. The summed E-state index contributed by atoms with van der Waals surface area (Å²) in [6, 6.07) is 14.7. The first-order chi connectivity index (χ1) is 13.1. The minimum absolute atomic E-state index is 0.134. The van der Waals surface area contributed by atoms with Gasteiger partial charge in [-0.25, -0.2) is 0 Å². The Balaban J connectivity index is 1.89. The van der Waals surface area contributed by atoms with Crippen LogP contribution in [0, 0.1) is 10.1 Å². The zero-order valence-corrected chi connectivity index (χ0v) is 14.6. The standard InChI is InChI=1S/C20H12ClN3O3/c21-16-7-8-17(19-15(16)6-3-9-22-19)23-11-12-10-18(24(26)27)13-4-1-2-5-14(13)20(12)25/h1-11,25H/p-1. The molecule has 0 radical (unpaired) electrons. The molecular formula is C20H11ClN3O3-. The topological polar surface area (TPSA) is 91.5 Å². The second-order valence-electron chi connectivity index (χ2n) is 5.84. The SMILES string of the molecule is O=[N+]([O-])c1cc(C=Nc2ccc(Cl)c3cccnc23)c([O-])c2ccccc12. The number of hydrogen-bond acceptors (Lipinski definition) is 5. The summed E-state index contributed by atoms with van der Waals surface area (Å²) in [5.74, 6) is -0.314. The van der Waals surface area contributed by atoms with E-state index in [4.69, 9.17) is 11.6 Å². The predicted octanol–water partition coefficient (Wildman–Crippen LogP) is 4.77. The van der Waals surface area contributed by atoms with E-state index in [2.05, 4.69) is 9.98 Å². The lowest BCUT2D eigenvalue weighted by Crippen LogP contribution is -2.00. The van der Waals surface area contributed by atoms with Gasteiger partial charge in [-0.3, -0.25) is 20.1 Å².